The van der Waals surface area contributed by atoms with E-state index < -0.39 is 14.8 Å². The van der Waals surface area contributed by atoms with Crippen molar-refractivity contribution >= 4 is 21.7 Å². The first-order chi connectivity index (χ1) is 13.0. The summed E-state index contributed by atoms with van der Waals surface area (Å²) in [5.74, 6) is 1.10. The fraction of sp³-hybridized carbons (Fsp3) is 0.667. The maximum Gasteiger partial charge on any atom is 0.321 e. The Bertz CT molecular complexity index is 837. The van der Waals surface area contributed by atoms with Crippen molar-refractivity contribution in [2.75, 3.05) is 18.4 Å². The second-order valence-corrected chi connectivity index (χ2v) is 11.8. The molecule has 1 aliphatic carbocycles. The zero-order chi connectivity index (χ0) is 20.7. The Hall–Kier alpha value is -1.60. The van der Waals surface area contributed by atoms with Crippen molar-refractivity contribution in [3.8, 4) is 0 Å². The summed E-state index contributed by atoms with van der Waals surface area (Å²) in [7, 11) is -3.37. The van der Waals surface area contributed by atoms with Crippen molar-refractivity contribution < 1.29 is 13.2 Å². The van der Waals surface area contributed by atoms with Gasteiger partial charge in [0.05, 0.1) is 4.75 Å². The molecular weight excluding hydrogens is 374 g/mol. The highest BCUT2D eigenvalue weighted by atomic mass is 32.2. The van der Waals surface area contributed by atoms with Crippen molar-refractivity contribution in [1.82, 2.24) is 9.62 Å². The van der Waals surface area contributed by atoms with Crippen molar-refractivity contribution in [3.05, 3.63) is 29.3 Å². The Labute approximate surface area is 169 Å². The first kappa shape index (κ1) is 21.1. The van der Waals surface area contributed by atoms with Gasteiger partial charge in [-0.1, -0.05) is 19.9 Å². The van der Waals surface area contributed by atoms with Crippen LogP contribution in [-0.4, -0.2) is 43.2 Å². The van der Waals surface area contributed by atoms with Crippen LogP contribution in [0.25, 0.3) is 0 Å². The van der Waals surface area contributed by atoms with Gasteiger partial charge in [-0.05, 0) is 75.1 Å². The Balaban J connectivity index is 1.56. The molecule has 0 spiro atoms. The van der Waals surface area contributed by atoms with Gasteiger partial charge in [0, 0.05) is 24.8 Å². The van der Waals surface area contributed by atoms with Crippen LogP contribution in [0.1, 0.15) is 76.8 Å². The quantitative estimate of drug-likeness (QED) is 0.794. The molecule has 0 bridgehead atoms. The molecule has 3 rings (SSSR count). The average molecular weight is 408 g/mol. The van der Waals surface area contributed by atoms with Crippen LogP contribution in [0.3, 0.4) is 0 Å². The van der Waals surface area contributed by atoms with Crippen molar-refractivity contribution in [2.24, 2.45) is 0 Å². The number of benzene rings is 1. The highest BCUT2D eigenvalue weighted by Crippen LogP contribution is 2.42. The minimum Gasteiger partial charge on any atom is -0.324 e. The van der Waals surface area contributed by atoms with Crippen LogP contribution < -0.4 is 10.0 Å². The molecule has 1 aromatic carbocycles. The fourth-order valence-electron chi connectivity index (χ4n) is 4.11. The third-order valence-electron chi connectivity index (χ3n) is 6.02. The molecule has 1 aliphatic heterocycles. The lowest BCUT2D eigenvalue weighted by Gasteiger charge is -2.33. The lowest BCUT2D eigenvalue weighted by molar-refractivity contribution is 0.193. The van der Waals surface area contributed by atoms with Gasteiger partial charge in [0.1, 0.15) is 0 Å². The Morgan fingerprint density at radius 3 is 2.29 bits per heavy atom. The molecule has 0 radical (unpaired) electrons. The molecule has 1 saturated heterocycles. The summed E-state index contributed by atoms with van der Waals surface area (Å²) in [6.45, 7) is 10.6. The number of carbonyl (C=O) groups excluding carboxylic acids is 1. The number of amides is 2. The first-order valence-corrected chi connectivity index (χ1v) is 11.7. The van der Waals surface area contributed by atoms with Gasteiger partial charge >= 0.3 is 6.03 Å². The van der Waals surface area contributed by atoms with Gasteiger partial charge in [0.15, 0.2) is 0 Å². The summed E-state index contributed by atoms with van der Waals surface area (Å²) < 4.78 is 26.6. The van der Waals surface area contributed by atoms with Crippen molar-refractivity contribution in [2.45, 2.75) is 76.5 Å². The van der Waals surface area contributed by atoms with E-state index in [1.54, 1.807) is 25.7 Å². The van der Waals surface area contributed by atoms with Gasteiger partial charge in [-0.25, -0.2) is 17.9 Å². The molecule has 1 heterocycles. The minimum absolute atomic E-state index is 0.115. The van der Waals surface area contributed by atoms with Crippen LogP contribution in [0.4, 0.5) is 10.5 Å². The SMILES string of the molecule is CC1CC(C)c2cc(NC(=O)N3CCC(NS(=O)(=O)C(C)(C)C)CC3)ccc21. The number of anilines is 1. The van der Waals surface area contributed by atoms with E-state index in [1.807, 2.05) is 6.07 Å². The van der Waals surface area contributed by atoms with E-state index in [4.69, 9.17) is 0 Å². The number of sulfonamides is 1. The summed E-state index contributed by atoms with van der Waals surface area (Å²) in [6, 6.07) is 5.99. The molecule has 6 nitrogen and oxygen atoms in total. The third kappa shape index (κ3) is 4.35. The molecule has 1 fully saturated rings. The number of hydrogen-bond acceptors (Lipinski definition) is 3. The van der Waals surface area contributed by atoms with E-state index in [1.165, 1.54) is 11.1 Å². The molecule has 7 heteroatoms. The van der Waals surface area contributed by atoms with Gasteiger partial charge in [-0.3, -0.25) is 0 Å². The molecule has 2 N–H and O–H groups in total. The number of hydrogen-bond donors (Lipinski definition) is 2. The van der Waals surface area contributed by atoms with Gasteiger partial charge in [0.25, 0.3) is 0 Å². The zero-order valence-electron chi connectivity index (χ0n) is 17.6. The Morgan fingerprint density at radius 1 is 1.07 bits per heavy atom. The molecule has 0 aromatic heterocycles. The van der Waals surface area contributed by atoms with Crippen LogP contribution in [0.5, 0.6) is 0 Å². The zero-order valence-corrected chi connectivity index (χ0v) is 18.4. The fourth-order valence-corrected chi connectivity index (χ4v) is 5.14. The van der Waals surface area contributed by atoms with Crippen molar-refractivity contribution in [3.63, 3.8) is 0 Å². The standard InChI is InChI=1S/C21H33N3O3S/c1-14-12-15(2)19-13-17(6-7-18(14)19)22-20(25)24-10-8-16(9-11-24)23-28(26,27)21(3,4)5/h6-7,13-16,23H,8-12H2,1-5H3,(H,22,25). The average Bonchev–Trinajstić information content (AvgIpc) is 2.88. The van der Waals surface area contributed by atoms with E-state index in [9.17, 15) is 13.2 Å². The molecule has 2 aliphatic rings. The van der Waals surface area contributed by atoms with Gasteiger partial charge in [0.2, 0.25) is 10.0 Å². The number of rotatable bonds is 3. The van der Waals surface area contributed by atoms with Gasteiger partial charge < -0.3 is 10.2 Å². The maximum atomic E-state index is 12.6. The molecule has 0 saturated carbocycles. The van der Waals surface area contributed by atoms with Crippen LogP contribution in [0, 0.1) is 0 Å². The number of likely N-dealkylation sites (tertiary alicyclic amines) is 1. The number of fused-ring (bicyclic) bond motifs is 1. The molecule has 1 aromatic rings. The Kier molecular flexibility index (Phi) is 5.79. The lowest BCUT2D eigenvalue weighted by Crippen LogP contribution is -2.50. The summed E-state index contributed by atoms with van der Waals surface area (Å²) in [4.78, 5) is 14.4. The van der Waals surface area contributed by atoms with E-state index in [-0.39, 0.29) is 12.1 Å². The highest BCUT2D eigenvalue weighted by Gasteiger charge is 2.33. The van der Waals surface area contributed by atoms with E-state index in [0.29, 0.717) is 37.8 Å². The summed E-state index contributed by atoms with van der Waals surface area (Å²) in [5, 5.41) is 3.01. The number of nitrogens with zero attached hydrogens (tertiary/aromatic N) is 1. The van der Waals surface area contributed by atoms with Gasteiger partial charge in [-0.15, -0.1) is 0 Å². The Morgan fingerprint density at radius 2 is 1.68 bits per heavy atom. The highest BCUT2D eigenvalue weighted by molar-refractivity contribution is 7.90. The summed E-state index contributed by atoms with van der Waals surface area (Å²) in [6.07, 6.45) is 2.41. The minimum atomic E-state index is -3.37. The number of carbonyl (C=O) groups is 1. The largest absolute Gasteiger partial charge is 0.324 e. The normalized spacial score (nSPS) is 23.5. The summed E-state index contributed by atoms with van der Waals surface area (Å²) in [5.41, 5.74) is 3.55. The molecule has 156 valence electrons. The van der Waals surface area contributed by atoms with E-state index >= 15 is 0 Å². The second-order valence-electron chi connectivity index (χ2n) is 9.31. The number of nitrogens with one attached hydrogen (secondary N) is 2. The number of piperidine rings is 1. The van der Waals surface area contributed by atoms with Crippen molar-refractivity contribution in [1.29, 1.82) is 0 Å². The number of urea groups is 1. The molecule has 2 unspecified atom stereocenters. The smallest absolute Gasteiger partial charge is 0.321 e. The first-order valence-electron chi connectivity index (χ1n) is 10.2. The molecule has 2 amide bonds. The van der Waals surface area contributed by atoms with E-state index in [0.717, 1.165) is 12.1 Å². The third-order valence-corrected chi connectivity index (χ3v) is 8.27. The molecule has 2 atom stereocenters. The summed E-state index contributed by atoms with van der Waals surface area (Å²) >= 11 is 0. The van der Waals surface area contributed by atoms with Crippen LogP contribution in [0.2, 0.25) is 0 Å². The van der Waals surface area contributed by atoms with Crippen LogP contribution in [-0.2, 0) is 10.0 Å². The molecular formula is C21H33N3O3S. The predicted molar refractivity (Wildman–Crippen MR) is 113 cm³/mol. The monoisotopic (exact) mass is 407 g/mol. The van der Waals surface area contributed by atoms with Crippen LogP contribution in [0.15, 0.2) is 18.2 Å². The maximum absolute atomic E-state index is 12.6. The lowest BCUT2D eigenvalue weighted by atomic mass is 10.0. The van der Waals surface area contributed by atoms with Gasteiger partial charge in [-0.2, -0.15) is 0 Å². The van der Waals surface area contributed by atoms with E-state index in [2.05, 4.69) is 36.0 Å². The topological polar surface area (TPSA) is 78.5 Å². The second kappa shape index (κ2) is 7.67. The molecule has 28 heavy (non-hydrogen) atoms. The van der Waals surface area contributed by atoms with Crippen LogP contribution >= 0.6 is 0 Å². The predicted octanol–water partition coefficient (Wildman–Crippen LogP) is 4.01.